The van der Waals surface area contributed by atoms with Crippen LogP contribution in [0.15, 0.2) is 18.3 Å². The molecule has 5 heteroatoms. The van der Waals surface area contributed by atoms with Gasteiger partial charge in [0.05, 0.1) is 23.1 Å². The predicted octanol–water partition coefficient (Wildman–Crippen LogP) is 2.29. The minimum absolute atomic E-state index is 0.115. The van der Waals surface area contributed by atoms with Crippen molar-refractivity contribution in [2.45, 2.75) is 46.2 Å². The van der Waals surface area contributed by atoms with Gasteiger partial charge in [0.2, 0.25) is 0 Å². The van der Waals surface area contributed by atoms with Crippen LogP contribution in [-0.2, 0) is 20.0 Å². The zero-order valence-corrected chi connectivity index (χ0v) is 12.9. The highest BCUT2D eigenvalue weighted by atomic mass is 15.3. The van der Waals surface area contributed by atoms with Gasteiger partial charge in [-0.3, -0.25) is 9.36 Å². The second-order valence-corrected chi connectivity index (χ2v) is 5.03. The maximum absolute atomic E-state index is 4.65. The smallest absolute Gasteiger partial charge is 0.0940 e. The molecule has 110 valence electrons. The van der Waals surface area contributed by atoms with Gasteiger partial charge < -0.3 is 5.32 Å². The first-order chi connectivity index (χ1) is 9.69. The molecule has 2 aromatic rings. The van der Waals surface area contributed by atoms with Gasteiger partial charge in [0.25, 0.3) is 0 Å². The van der Waals surface area contributed by atoms with Crippen LogP contribution in [0.2, 0.25) is 0 Å². The minimum atomic E-state index is 0.115. The van der Waals surface area contributed by atoms with E-state index >= 15 is 0 Å². The first kappa shape index (κ1) is 14.8. The molecule has 0 saturated carbocycles. The summed E-state index contributed by atoms with van der Waals surface area (Å²) >= 11 is 0. The molecule has 1 unspecified atom stereocenters. The van der Waals surface area contributed by atoms with Gasteiger partial charge in [0.15, 0.2) is 0 Å². The molecule has 0 aromatic carbocycles. The second kappa shape index (κ2) is 6.70. The SMILES string of the molecule is CCCNC(c1ccn(C)n1)c1cc(CC)nn1CC. The van der Waals surface area contributed by atoms with Crippen molar-refractivity contribution in [1.82, 2.24) is 24.9 Å². The van der Waals surface area contributed by atoms with E-state index in [4.69, 9.17) is 0 Å². The third kappa shape index (κ3) is 3.10. The van der Waals surface area contributed by atoms with Gasteiger partial charge in [-0.25, -0.2) is 0 Å². The highest BCUT2D eigenvalue weighted by molar-refractivity contribution is 5.23. The zero-order chi connectivity index (χ0) is 14.5. The van der Waals surface area contributed by atoms with E-state index in [-0.39, 0.29) is 6.04 Å². The maximum atomic E-state index is 4.65. The van der Waals surface area contributed by atoms with Gasteiger partial charge in [-0.2, -0.15) is 10.2 Å². The van der Waals surface area contributed by atoms with E-state index in [1.807, 2.05) is 17.9 Å². The third-order valence-corrected chi connectivity index (χ3v) is 3.45. The Labute approximate surface area is 121 Å². The second-order valence-electron chi connectivity index (χ2n) is 5.03. The van der Waals surface area contributed by atoms with E-state index < -0.39 is 0 Å². The summed E-state index contributed by atoms with van der Waals surface area (Å²) in [6.07, 6.45) is 4.05. The molecule has 2 aromatic heterocycles. The molecule has 0 fully saturated rings. The predicted molar refractivity (Wildman–Crippen MR) is 80.6 cm³/mol. The Hall–Kier alpha value is -1.62. The van der Waals surface area contributed by atoms with Gasteiger partial charge in [-0.1, -0.05) is 13.8 Å². The molecule has 0 aliphatic carbocycles. The number of aryl methyl sites for hydroxylation is 3. The molecule has 20 heavy (non-hydrogen) atoms. The van der Waals surface area contributed by atoms with Crippen LogP contribution in [0, 0.1) is 0 Å². The molecule has 2 heterocycles. The average Bonchev–Trinajstić information content (AvgIpc) is 3.06. The van der Waals surface area contributed by atoms with Crippen molar-refractivity contribution in [3.63, 3.8) is 0 Å². The Balaban J connectivity index is 2.37. The number of hydrogen-bond donors (Lipinski definition) is 1. The lowest BCUT2D eigenvalue weighted by Gasteiger charge is -2.17. The molecule has 1 atom stereocenters. The molecule has 0 aliphatic heterocycles. The molecule has 0 radical (unpaired) electrons. The van der Waals surface area contributed by atoms with Gasteiger partial charge in [0, 0.05) is 19.8 Å². The Morgan fingerprint density at radius 1 is 1.25 bits per heavy atom. The summed E-state index contributed by atoms with van der Waals surface area (Å²) in [5.74, 6) is 0. The maximum Gasteiger partial charge on any atom is 0.0940 e. The van der Waals surface area contributed by atoms with Gasteiger partial charge in [-0.15, -0.1) is 0 Å². The molecule has 5 nitrogen and oxygen atoms in total. The van der Waals surface area contributed by atoms with Crippen LogP contribution in [0.1, 0.15) is 50.3 Å². The minimum Gasteiger partial charge on any atom is -0.304 e. The van der Waals surface area contributed by atoms with E-state index in [1.165, 1.54) is 5.69 Å². The molecule has 2 rings (SSSR count). The summed E-state index contributed by atoms with van der Waals surface area (Å²) in [6, 6.07) is 4.39. The molecule has 0 saturated heterocycles. The highest BCUT2D eigenvalue weighted by Crippen LogP contribution is 2.22. The van der Waals surface area contributed by atoms with Crippen LogP contribution >= 0.6 is 0 Å². The Morgan fingerprint density at radius 2 is 2.05 bits per heavy atom. The number of aromatic nitrogens is 4. The summed E-state index contributed by atoms with van der Waals surface area (Å²) < 4.78 is 3.93. The van der Waals surface area contributed by atoms with Gasteiger partial charge in [-0.05, 0) is 38.4 Å². The molecular weight excluding hydrogens is 250 g/mol. The summed E-state index contributed by atoms with van der Waals surface area (Å²) in [5, 5.41) is 12.8. The normalized spacial score (nSPS) is 12.8. The van der Waals surface area contributed by atoms with Crippen molar-refractivity contribution in [2.24, 2.45) is 7.05 Å². The van der Waals surface area contributed by atoms with Crippen molar-refractivity contribution in [2.75, 3.05) is 6.54 Å². The fourth-order valence-corrected chi connectivity index (χ4v) is 2.38. The lowest BCUT2D eigenvalue weighted by molar-refractivity contribution is 0.515. The fraction of sp³-hybridized carbons (Fsp3) is 0.600. The van der Waals surface area contributed by atoms with Crippen LogP contribution in [-0.4, -0.2) is 26.1 Å². The van der Waals surface area contributed by atoms with Crippen LogP contribution < -0.4 is 5.32 Å². The Kier molecular flexibility index (Phi) is 4.95. The fourth-order valence-electron chi connectivity index (χ4n) is 2.38. The van der Waals surface area contributed by atoms with Gasteiger partial charge in [0.1, 0.15) is 0 Å². The largest absolute Gasteiger partial charge is 0.304 e. The number of nitrogens with one attached hydrogen (secondary N) is 1. The topological polar surface area (TPSA) is 47.7 Å². The monoisotopic (exact) mass is 275 g/mol. The lowest BCUT2D eigenvalue weighted by Crippen LogP contribution is -2.26. The van der Waals surface area contributed by atoms with Gasteiger partial charge >= 0.3 is 0 Å². The van der Waals surface area contributed by atoms with Crippen LogP contribution in [0.25, 0.3) is 0 Å². The van der Waals surface area contributed by atoms with Crippen molar-refractivity contribution in [3.8, 4) is 0 Å². The summed E-state index contributed by atoms with van der Waals surface area (Å²) in [7, 11) is 1.95. The first-order valence-electron chi connectivity index (χ1n) is 7.49. The molecule has 0 aliphatic rings. The molecule has 0 spiro atoms. The molecular formula is C15H25N5. The van der Waals surface area contributed by atoms with E-state index in [1.54, 1.807) is 0 Å². The van der Waals surface area contributed by atoms with E-state index in [9.17, 15) is 0 Å². The van der Waals surface area contributed by atoms with Crippen molar-refractivity contribution >= 4 is 0 Å². The van der Waals surface area contributed by atoms with Crippen LogP contribution in [0.4, 0.5) is 0 Å². The Bertz CT molecular complexity index is 540. The van der Waals surface area contributed by atoms with Crippen LogP contribution in [0.3, 0.4) is 0 Å². The van der Waals surface area contributed by atoms with E-state index in [0.29, 0.717) is 0 Å². The average molecular weight is 275 g/mol. The molecule has 0 amide bonds. The van der Waals surface area contributed by atoms with Crippen LogP contribution in [0.5, 0.6) is 0 Å². The Morgan fingerprint density at radius 3 is 2.60 bits per heavy atom. The highest BCUT2D eigenvalue weighted by Gasteiger charge is 2.21. The number of rotatable bonds is 7. The van der Waals surface area contributed by atoms with Crippen molar-refractivity contribution < 1.29 is 0 Å². The molecule has 0 bridgehead atoms. The van der Waals surface area contributed by atoms with E-state index in [0.717, 1.165) is 37.3 Å². The summed E-state index contributed by atoms with van der Waals surface area (Å²) in [6.45, 7) is 8.30. The van der Waals surface area contributed by atoms with Crippen molar-refractivity contribution in [3.05, 3.63) is 35.4 Å². The summed E-state index contributed by atoms with van der Waals surface area (Å²) in [5.41, 5.74) is 3.40. The number of hydrogen-bond acceptors (Lipinski definition) is 3. The standard InChI is InChI=1S/C15H25N5/c1-5-9-16-15(13-8-10-19(4)18-13)14-11-12(6-2)17-20(14)7-3/h8,10-11,15-16H,5-7,9H2,1-4H3. The van der Waals surface area contributed by atoms with E-state index in [2.05, 4.69) is 53.1 Å². The first-order valence-corrected chi connectivity index (χ1v) is 7.49. The third-order valence-electron chi connectivity index (χ3n) is 3.45. The zero-order valence-electron chi connectivity index (χ0n) is 12.9. The lowest BCUT2D eigenvalue weighted by atomic mass is 10.1. The number of nitrogens with zero attached hydrogens (tertiary/aromatic N) is 4. The summed E-state index contributed by atoms with van der Waals surface area (Å²) in [4.78, 5) is 0. The van der Waals surface area contributed by atoms with Crippen molar-refractivity contribution in [1.29, 1.82) is 0 Å². The quantitative estimate of drug-likeness (QED) is 0.843. The molecule has 1 N–H and O–H groups in total.